The predicted octanol–water partition coefficient (Wildman–Crippen LogP) is 2.06. The number of anilines is 1. The fraction of sp³-hybridized carbons (Fsp3) is 0.500. The van der Waals surface area contributed by atoms with E-state index in [1.165, 1.54) is 4.90 Å². The van der Waals surface area contributed by atoms with Crippen LogP contribution in [0.4, 0.5) is 5.69 Å². The number of hydrogen-bond acceptors (Lipinski definition) is 4. The maximum atomic E-state index is 12.5. The molecule has 5 heteroatoms. The number of imide groups is 1. The molecule has 1 aromatic rings. The minimum absolute atomic E-state index is 0.132. The molecule has 0 radical (unpaired) electrons. The standard InChI is InChI=1S/C16H22N2O3/c1-4-17(5-2)14-11-15(19)18(16(14)20)12-7-9-13(10-8-12)21-6-3/h7-10,14H,4-6,11H2,1-3H3. The molecule has 1 heterocycles. The van der Waals surface area contributed by atoms with E-state index in [4.69, 9.17) is 4.74 Å². The Morgan fingerprint density at radius 1 is 1.14 bits per heavy atom. The Morgan fingerprint density at radius 3 is 2.29 bits per heavy atom. The monoisotopic (exact) mass is 290 g/mol. The lowest BCUT2D eigenvalue weighted by Gasteiger charge is -2.24. The highest BCUT2D eigenvalue weighted by molar-refractivity contribution is 6.22. The van der Waals surface area contributed by atoms with Gasteiger partial charge in [-0.3, -0.25) is 14.5 Å². The van der Waals surface area contributed by atoms with E-state index in [-0.39, 0.29) is 24.3 Å². The van der Waals surface area contributed by atoms with Crippen LogP contribution in [0.15, 0.2) is 24.3 Å². The summed E-state index contributed by atoms with van der Waals surface area (Å²) in [4.78, 5) is 28.0. The summed E-state index contributed by atoms with van der Waals surface area (Å²) in [7, 11) is 0. The lowest BCUT2D eigenvalue weighted by molar-refractivity contribution is -0.122. The lowest BCUT2D eigenvalue weighted by atomic mass is 10.2. The van der Waals surface area contributed by atoms with Gasteiger partial charge in [-0.1, -0.05) is 13.8 Å². The van der Waals surface area contributed by atoms with Gasteiger partial charge in [-0.15, -0.1) is 0 Å². The Morgan fingerprint density at radius 2 is 1.76 bits per heavy atom. The van der Waals surface area contributed by atoms with Gasteiger partial charge in [-0.05, 0) is 44.3 Å². The van der Waals surface area contributed by atoms with Crippen molar-refractivity contribution in [3.63, 3.8) is 0 Å². The molecular formula is C16H22N2O3. The van der Waals surface area contributed by atoms with Gasteiger partial charge in [-0.2, -0.15) is 0 Å². The van der Waals surface area contributed by atoms with Crippen LogP contribution in [0.5, 0.6) is 5.75 Å². The van der Waals surface area contributed by atoms with Crippen molar-refractivity contribution in [3.05, 3.63) is 24.3 Å². The summed E-state index contributed by atoms with van der Waals surface area (Å²) < 4.78 is 5.37. The van der Waals surface area contributed by atoms with Crippen LogP contribution >= 0.6 is 0 Å². The van der Waals surface area contributed by atoms with Crippen LogP contribution in [-0.4, -0.2) is 42.5 Å². The molecule has 0 bridgehead atoms. The number of carbonyl (C=O) groups excluding carboxylic acids is 2. The van der Waals surface area contributed by atoms with Crippen molar-refractivity contribution in [2.24, 2.45) is 0 Å². The number of carbonyl (C=O) groups is 2. The zero-order valence-corrected chi connectivity index (χ0v) is 12.8. The molecule has 21 heavy (non-hydrogen) atoms. The van der Waals surface area contributed by atoms with Crippen molar-refractivity contribution >= 4 is 17.5 Å². The number of ether oxygens (including phenoxy) is 1. The van der Waals surface area contributed by atoms with Gasteiger partial charge < -0.3 is 4.74 Å². The van der Waals surface area contributed by atoms with Gasteiger partial charge in [0, 0.05) is 0 Å². The number of rotatable bonds is 6. The molecular weight excluding hydrogens is 268 g/mol. The minimum Gasteiger partial charge on any atom is -0.494 e. The maximum Gasteiger partial charge on any atom is 0.251 e. The van der Waals surface area contributed by atoms with E-state index in [0.717, 1.165) is 18.8 Å². The molecule has 2 rings (SSSR count). The van der Waals surface area contributed by atoms with Crippen molar-refractivity contribution in [1.29, 1.82) is 0 Å². The highest BCUT2D eigenvalue weighted by Gasteiger charge is 2.41. The highest BCUT2D eigenvalue weighted by atomic mass is 16.5. The third-order valence-corrected chi connectivity index (χ3v) is 3.78. The Kier molecular flexibility index (Phi) is 4.96. The number of likely N-dealkylation sites (N-methyl/N-ethyl adjacent to an activating group) is 1. The maximum absolute atomic E-state index is 12.5. The summed E-state index contributed by atoms with van der Waals surface area (Å²) in [5.74, 6) is 0.467. The molecule has 0 aromatic heterocycles. The molecule has 1 saturated heterocycles. The van der Waals surface area contributed by atoms with Gasteiger partial charge in [0.05, 0.1) is 24.8 Å². The minimum atomic E-state index is -0.334. The lowest BCUT2D eigenvalue weighted by Crippen LogP contribution is -2.41. The largest absolute Gasteiger partial charge is 0.494 e. The average Bonchev–Trinajstić information content (AvgIpc) is 2.77. The van der Waals surface area contributed by atoms with Gasteiger partial charge in [0.1, 0.15) is 5.75 Å². The first-order valence-corrected chi connectivity index (χ1v) is 7.46. The van der Waals surface area contributed by atoms with Crippen LogP contribution in [0.1, 0.15) is 27.2 Å². The summed E-state index contributed by atoms with van der Waals surface area (Å²) in [6, 6.07) is 6.74. The second kappa shape index (κ2) is 6.72. The van der Waals surface area contributed by atoms with Gasteiger partial charge in [0.15, 0.2) is 0 Å². The van der Waals surface area contributed by atoms with Crippen LogP contribution in [0.2, 0.25) is 0 Å². The summed E-state index contributed by atoms with van der Waals surface area (Å²) >= 11 is 0. The van der Waals surface area contributed by atoms with Crippen LogP contribution < -0.4 is 9.64 Å². The van der Waals surface area contributed by atoms with Gasteiger partial charge in [0.25, 0.3) is 5.91 Å². The van der Waals surface area contributed by atoms with E-state index in [9.17, 15) is 9.59 Å². The first-order chi connectivity index (χ1) is 10.1. The summed E-state index contributed by atoms with van der Waals surface area (Å²) in [5, 5.41) is 0. The van der Waals surface area contributed by atoms with E-state index < -0.39 is 0 Å². The molecule has 1 aromatic carbocycles. The van der Waals surface area contributed by atoms with E-state index >= 15 is 0 Å². The quantitative estimate of drug-likeness (QED) is 0.753. The Labute approximate surface area is 125 Å². The van der Waals surface area contributed by atoms with Crippen LogP contribution in [-0.2, 0) is 9.59 Å². The van der Waals surface area contributed by atoms with Gasteiger partial charge >= 0.3 is 0 Å². The molecule has 0 saturated carbocycles. The fourth-order valence-corrected chi connectivity index (χ4v) is 2.69. The second-order valence-corrected chi connectivity index (χ2v) is 4.94. The van der Waals surface area contributed by atoms with E-state index in [2.05, 4.69) is 0 Å². The van der Waals surface area contributed by atoms with Crippen LogP contribution in [0, 0.1) is 0 Å². The highest BCUT2D eigenvalue weighted by Crippen LogP contribution is 2.27. The molecule has 0 aliphatic carbocycles. The Bertz CT molecular complexity index is 509. The number of benzene rings is 1. The van der Waals surface area contributed by atoms with Crippen molar-refractivity contribution in [3.8, 4) is 5.75 Å². The fourth-order valence-electron chi connectivity index (χ4n) is 2.69. The SMILES string of the molecule is CCOc1ccc(N2C(=O)CC(N(CC)CC)C2=O)cc1. The average molecular weight is 290 g/mol. The van der Waals surface area contributed by atoms with Crippen molar-refractivity contribution < 1.29 is 14.3 Å². The van der Waals surface area contributed by atoms with Crippen molar-refractivity contribution in [2.45, 2.75) is 33.2 Å². The molecule has 0 N–H and O–H groups in total. The van der Waals surface area contributed by atoms with E-state index in [1.807, 2.05) is 25.7 Å². The van der Waals surface area contributed by atoms with E-state index in [0.29, 0.717) is 12.3 Å². The normalized spacial score (nSPS) is 18.7. The molecule has 1 aliphatic rings. The molecule has 1 atom stereocenters. The second-order valence-electron chi connectivity index (χ2n) is 4.94. The zero-order chi connectivity index (χ0) is 15.4. The van der Waals surface area contributed by atoms with Crippen LogP contribution in [0.3, 0.4) is 0 Å². The number of amides is 2. The third-order valence-electron chi connectivity index (χ3n) is 3.78. The number of hydrogen-bond donors (Lipinski definition) is 0. The van der Waals surface area contributed by atoms with Crippen molar-refractivity contribution in [1.82, 2.24) is 4.90 Å². The molecule has 0 spiro atoms. The molecule has 2 amide bonds. The zero-order valence-electron chi connectivity index (χ0n) is 12.8. The molecule has 1 fully saturated rings. The smallest absolute Gasteiger partial charge is 0.251 e. The number of nitrogens with zero attached hydrogens (tertiary/aromatic N) is 2. The first kappa shape index (κ1) is 15.5. The Hall–Kier alpha value is -1.88. The predicted molar refractivity (Wildman–Crippen MR) is 81.4 cm³/mol. The van der Waals surface area contributed by atoms with E-state index in [1.54, 1.807) is 24.3 Å². The molecule has 1 aliphatic heterocycles. The molecule has 1 unspecified atom stereocenters. The van der Waals surface area contributed by atoms with Crippen molar-refractivity contribution in [2.75, 3.05) is 24.6 Å². The van der Waals surface area contributed by atoms with Gasteiger partial charge in [0.2, 0.25) is 5.91 Å². The summed E-state index contributed by atoms with van der Waals surface area (Å²) in [6.07, 6.45) is 0.258. The first-order valence-electron chi connectivity index (χ1n) is 7.46. The summed E-state index contributed by atoms with van der Waals surface area (Å²) in [5.41, 5.74) is 0.614. The Balaban J connectivity index is 2.19. The van der Waals surface area contributed by atoms with Gasteiger partial charge in [-0.25, -0.2) is 4.90 Å². The third kappa shape index (κ3) is 3.08. The molecule has 114 valence electrons. The van der Waals surface area contributed by atoms with Crippen LogP contribution in [0.25, 0.3) is 0 Å². The molecule has 5 nitrogen and oxygen atoms in total. The topological polar surface area (TPSA) is 49.9 Å². The summed E-state index contributed by atoms with van der Waals surface area (Å²) in [6.45, 7) is 8.03.